The molecule has 0 saturated heterocycles. The number of anilines is 1. The summed E-state index contributed by atoms with van der Waals surface area (Å²) in [6.45, 7) is 4.34. The van der Waals surface area contributed by atoms with Crippen LogP contribution in [-0.2, 0) is 0 Å². The molecule has 0 radical (unpaired) electrons. The first-order valence-electron chi connectivity index (χ1n) is 8.08. The van der Waals surface area contributed by atoms with Crippen LogP contribution in [0, 0.1) is 5.92 Å². The first kappa shape index (κ1) is 17.1. The summed E-state index contributed by atoms with van der Waals surface area (Å²) in [6, 6.07) is 17.4. The standard InChI is InChI=1S/C20H25NO2/c1-15(2)13-17(14-19(22)16-9-5-4-6-10-16)21-18-11-7-8-12-20(18)23-3/h4-12,15,17,21H,13-14H2,1-3H3. The molecule has 23 heavy (non-hydrogen) atoms. The van der Waals surface area contributed by atoms with Gasteiger partial charge in [-0.3, -0.25) is 4.79 Å². The van der Waals surface area contributed by atoms with Crippen molar-refractivity contribution in [2.24, 2.45) is 5.92 Å². The zero-order valence-electron chi connectivity index (χ0n) is 14.1. The number of ketones is 1. The van der Waals surface area contributed by atoms with E-state index >= 15 is 0 Å². The second-order valence-electron chi connectivity index (χ2n) is 6.16. The number of hydrogen-bond acceptors (Lipinski definition) is 3. The van der Waals surface area contributed by atoms with E-state index in [1.54, 1.807) is 7.11 Å². The maximum Gasteiger partial charge on any atom is 0.164 e. The Bertz CT molecular complexity index is 623. The van der Waals surface area contributed by atoms with E-state index in [1.165, 1.54) is 0 Å². The highest BCUT2D eigenvalue weighted by Gasteiger charge is 2.17. The Hall–Kier alpha value is -2.29. The molecule has 1 unspecified atom stereocenters. The highest BCUT2D eigenvalue weighted by Crippen LogP contribution is 2.26. The van der Waals surface area contributed by atoms with Crippen molar-refractivity contribution in [3.8, 4) is 5.75 Å². The zero-order valence-corrected chi connectivity index (χ0v) is 14.1. The van der Waals surface area contributed by atoms with Crippen molar-refractivity contribution in [1.29, 1.82) is 0 Å². The number of nitrogens with one attached hydrogen (secondary N) is 1. The monoisotopic (exact) mass is 311 g/mol. The van der Waals surface area contributed by atoms with Gasteiger partial charge in [0.15, 0.2) is 5.78 Å². The molecule has 122 valence electrons. The van der Waals surface area contributed by atoms with Crippen molar-refractivity contribution in [2.75, 3.05) is 12.4 Å². The number of ether oxygens (including phenoxy) is 1. The van der Waals surface area contributed by atoms with Crippen LogP contribution in [0.2, 0.25) is 0 Å². The molecule has 2 rings (SSSR count). The largest absolute Gasteiger partial charge is 0.495 e. The molecule has 0 aliphatic carbocycles. The van der Waals surface area contributed by atoms with Gasteiger partial charge in [-0.2, -0.15) is 0 Å². The Labute approximate surface area is 138 Å². The van der Waals surface area contributed by atoms with Crippen LogP contribution in [0.25, 0.3) is 0 Å². The third kappa shape index (κ3) is 5.13. The average molecular weight is 311 g/mol. The maximum absolute atomic E-state index is 12.5. The fourth-order valence-electron chi connectivity index (χ4n) is 2.71. The van der Waals surface area contributed by atoms with Crippen LogP contribution in [0.1, 0.15) is 37.0 Å². The van der Waals surface area contributed by atoms with E-state index in [4.69, 9.17) is 4.74 Å². The molecule has 0 fully saturated rings. The van der Waals surface area contributed by atoms with Crippen molar-refractivity contribution in [1.82, 2.24) is 0 Å². The molecule has 0 spiro atoms. The lowest BCUT2D eigenvalue weighted by Gasteiger charge is -2.22. The molecule has 0 saturated carbocycles. The molecule has 3 nitrogen and oxygen atoms in total. The molecule has 2 aromatic carbocycles. The quantitative estimate of drug-likeness (QED) is 0.712. The number of para-hydroxylation sites is 2. The Morgan fingerprint density at radius 2 is 1.70 bits per heavy atom. The van der Waals surface area contributed by atoms with Gasteiger partial charge in [-0.1, -0.05) is 56.3 Å². The second kappa shape index (κ2) is 8.37. The first-order valence-corrected chi connectivity index (χ1v) is 8.08. The SMILES string of the molecule is COc1ccccc1NC(CC(=O)c1ccccc1)CC(C)C. The highest BCUT2D eigenvalue weighted by atomic mass is 16.5. The number of carbonyl (C=O) groups excluding carboxylic acids is 1. The lowest BCUT2D eigenvalue weighted by Crippen LogP contribution is -2.25. The maximum atomic E-state index is 12.5. The van der Waals surface area contributed by atoms with Crippen molar-refractivity contribution < 1.29 is 9.53 Å². The molecular formula is C20H25NO2. The van der Waals surface area contributed by atoms with Crippen molar-refractivity contribution >= 4 is 11.5 Å². The van der Waals surface area contributed by atoms with E-state index in [9.17, 15) is 4.79 Å². The average Bonchev–Trinajstić information content (AvgIpc) is 2.55. The topological polar surface area (TPSA) is 38.3 Å². The number of rotatable bonds is 8. The van der Waals surface area contributed by atoms with Gasteiger partial charge < -0.3 is 10.1 Å². The van der Waals surface area contributed by atoms with Crippen molar-refractivity contribution in [3.05, 3.63) is 60.2 Å². The summed E-state index contributed by atoms with van der Waals surface area (Å²) in [7, 11) is 1.66. The van der Waals surface area contributed by atoms with Gasteiger partial charge >= 0.3 is 0 Å². The fourth-order valence-corrected chi connectivity index (χ4v) is 2.71. The summed E-state index contributed by atoms with van der Waals surface area (Å²) in [5.74, 6) is 1.47. The predicted octanol–water partition coefficient (Wildman–Crippen LogP) is 4.79. The van der Waals surface area contributed by atoms with E-state index < -0.39 is 0 Å². The molecule has 0 bridgehead atoms. The Morgan fingerprint density at radius 1 is 1.04 bits per heavy atom. The minimum absolute atomic E-state index is 0.0824. The van der Waals surface area contributed by atoms with Gasteiger partial charge in [-0.25, -0.2) is 0 Å². The lowest BCUT2D eigenvalue weighted by molar-refractivity contribution is 0.0974. The van der Waals surface area contributed by atoms with Crippen LogP contribution in [0.5, 0.6) is 5.75 Å². The summed E-state index contributed by atoms with van der Waals surface area (Å²) in [5.41, 5.74) is 1.70. The Morgan fingerprint density at radius 3 is 2.35 bits per heavy atom. The smallest absolute Gasteiger partial charge is 0.164 e. The molecular weight excluding hydrogens is 286 g/mol. The molecule has 0 aromatic heterocycles. The predicted molar refractivity (Wildman–Crippen MR) is 95.2 cm³/mol. The third-order valence-electron chi connectivity index (χ3n) is 3.75. The molecule has 0 aliphatic heterocycles. The van der Waals surface area contributed by atoms with Gasteiger partial charge in [0.25, 0.3) is 0 Å². The number of benzene rings is 2. The number of carbonyl (C=O) groups is 1. The van der Waals surface area contributed by atoms with Crippen LogP contribution >= 0.6 is 0 Å². The van der Waals surface area contributed by atoms with Crippen LogP contribution < -0.4 is 10.1 Å². The molecule has 3 heteroatoms. The number of Topliss-reactive ketones (excluding diaryl/α,β-unsaturated/α-hetero) is 1. The summed E-state index contributed by atoms with van der Waals surface area (Å²) < 4.78 is 5.39. The van der Waals surface area contributed by atoms with Gasteiger partial charge in [0.2, 0.25) is 0 Å². The van der Waals surface area contributed by atoms with Crippen LogP contribution in [0.4, 0.5) is 5.69 Å². The third-order valence-corrected chi connectivity index (χ3v) is 3.75. The minimum atomic E-state index is 0.0824. The van der Waals surface area contributed by atoms with Gasteiger partial charge in [-0.05, 0) is 24.5 Å². The van der Waals surface area contributed by atoms with Gasteiger partial charge in [0, 0.05) is 18.0 Å². The summed E-state index contributed by atoms with van der Waals surface area (Å²) in [5, 5.41) is 3.48. The molecule has 0 heterocycles. The Kier molecular flexibility index (Phi) is 6.21. The number of methoxy groups -OCH3 is 1. The summed E-state index contributed by atoms with van der Waals surface area (Å²) >= 11 is 0. The normalized spacial score (nSPS) is 12.0. The zero-order chi connectivity index (χ0) is 16.7. The van der Waals surface area contributed by atoms with E-state index in [1.807, 2.05) is 54.6 Å². The van der Waals surface area contributed by atoms with Gasteiger partial charge in [0.05, 0.1) is 12.8 Å². The van der Waals surface area contributed by atoms with Crippen LogP contribution in [-0.4, -0.2) is 18.9 Å². The molecule has 1 atom stereocenters. The van der Waals surface area contributed by atoms with Crippen molar-refractivity contribution in [2.45, 2.75) is 32.7 Å². The summed E-state index contributed by atoms with van der Waals surface area (Å²) in [4.78, 5) is 12.5. The van der Waals surface area contributed by atoms with Crippen molar-refractivity contribution in [3.63, 3.8) is 0 Å². The van der Waals surface area contributed by atoms with Gasteiger partial charge in [0.1, 0.15) is 5.75 Å². The lowest BCUT2D eigenvalue weighted by atomic mass is 9.96. The van der Waals surface area contributed by atoms with E-state index in [2.05, 4.69) is 19.2 Å². The minimum Gasteiger partial charge on any atom is -0.495 e. The Balaban J connectivity index is 2.12. The van der Waals surface area contributed by atoms with E-state index in [-0.39, 0.29) is 11.8 Å². The summed E-state index contributed by atoms with van der Waals surface area (Å²) in [6.07, 6.45) is 1.40. The molecule has 0 aliphatic rings. The number of hydrogen-bond donors (Lipinski definition) is 1. The molecule has 1 N–H and O–H groups in total. The van der Waals surface area contributed by atoms with E-state index in [0.717, 1.165) is 23.4 Å². The van der Waals surface area contributed by atoms with Gasteiger partial charge in [-0.15, -0.1) is 0 Å². The van der Waals surface area contributed by atoms with Crippen LogP contribution in [0.15, 0.2) is 54.6 Å². The molecule has 2 aromatic rings. The fraction of sp³-hybridized carbons (Fsp3) is 0.350. The van der Waals surface area contributed by atoms with E-state index in [0.29, 0.717) is 12.3 Å². The molecule has 0 amide bonds. The van der Waals surface area contributed by atoms with Crippen LogP contribution in [0.3, 0.4) is 0 Å². The first-order chi connectivity index (χ1) is 11.1. The second-order valence-corrected chi connectivity index (χ2v) is 6.16. The highest BCUT2D eigenvalue weighted by molar-refractivity contribution is 5.96.